The lowest BCUT2D eigenvalue weighted by Gasteiger charge is -1.96. The summed E-state index contributed by atoms with van der Waals surface area (Å²) < 4.78 is 4.86. The van der Waals surface area contributed by atoms with Crippen LogP contribution >= 0.6 is 0 Å². The van der Waals surface area contributed by atoms with Crippen molar-refractivity contribution in [1.82, 2.24) is 4.98 Å². The van der Waals surface area contributed by atoms with Crippen LogP contribution in [0.15, 0.2) is 48.2 Å². The van der Waals surface area contributed by atoms with Gasteiger partial charge in [-0.2, -0.15) is 0 Å². The molecule has 2 aromatic rings. The maximum absolute atomic E-state index is 11.3. The maximum Gasteiger partial charge on any atom is 0.330 e. The second-order valence-corrected chi connectivity index (χ2v) is 4.26. The van der Waals surface area contributed by atoms with Crippen LogP contribution in [0.2, 0.25) is 0 Å². The van der Waals surface area contributed by atoms with Crippen molar-refractivity contribution < 1.29 is 9.53 Å². The first-order valence-electron chi connectivity index (χ1n) is 6.30. The molecule has 0 amide bonds. The second-order valence-electron chi connectivity index (χ2n) is 4.26. The van der Waals surface area contributed by atoms with Crippen molar-refractivity contribution in [2.75, 3.05) is 6.61 Å². The highest BCUT2D eigenvalue weighted by Gasteiger charge is 1.99. The molecule has 0 unspecified atom stereocenters. The van der Waals surface area contributed by atoms with Crippen LogP contribution in [0, 0.1) is 0 Å². The highest BCUT2D eigenvalue weighted by atomic mass is 16.5. The molecular weight excluding hydrogens is 238 g/mol. The van der Waals surface area contributed by atoms with E-state index in [-0.39, 0.29) is 5.97 Å². The van der Waals surface area contributed by atoms with Gasteiger partial charge in [0.2, 0.25) is 0 Å². The number of rotatable bonds is 4. The summed E-state index contributed by atoms with van der Waals surface area (Å²) in [5.74, 6) is -0.302. The highest BCUT2D eigenvalue weighted by molar-refractivity contribution is 5.89. The molecule has 3 heteroatoms. The highest BCUT2D eigenvalue weighted by Crippen LogP contribution is 2.19. The molecule has 19 heavy (non-hydrogen) atoms. The number of ether oxygens (including phenoxy) is 1. The molecule has 0 saturated carbocycles. The van der Waals surface area contributed by atoms with Gasteiger partial charge in [-0.15, -0.1) is 0 Å². The standard InChI is InChI=1S/C16H17NO2/c1-3-19-16(18)10-12(2)8-9-13-11-17-15-7-5-4-6-14(13)15/h4-11,17H,3H2,1-2H3. The van der Waals surface area contributed by atoms with E-state index in [0.717, 1.165) is 16.7 Å². The van der Waals surface area contributed by atoms with Gasteiger partial charge in [0.05, 0.1) is 6.61 Å². The zero-order valence-electron chi connectivity index (χ0n) is 11.1. The van der Waals surface area contributed by atoms with Gasteiger partial charge in [-0.3, -0.25) is 0 Å². The normalized spacial score (nSPS) is 12.2. The Kier molecular flexibility index (Phi) is 4.18. The number of allylic oxidation sites excluding steroid dienone is 2. The molecule has 1 N–H and O–H groups in total. The van der Waals surface area contributed by atoms with Crippen LogP contribution < -0.4 is 0 Å². The lowest BCUT2D eigenvalue weighted by molar-refractivity contribution is -0.137. The van der Waals surface area contributed by atoms with E-state index >= 15 is 0 Å². The average molecular weight is 255 g/mol. The first-order chi connectivity index (χ1) is 9.20. The van der Waals surface area contributed by atoms with E-state index in [1.807, 2.05) is 43.5 Å². The number of benzene rings is 1. The number of hydrogen-bond donors (Lipinski definition) is 1. The van der Waals surface area contributed by atoms with Gasteiger partial charge >= 0.3 is 5.97 Å². The molecule has 0 aliphatic heterocycles. The Morgan fingerprint density at radius 3 is 2.95 bits per heavy atom. The third kappa shape index (κ3) is 3.35. The first kappa shape index (κ1) is 13.1. The van der Waals surface area contributed by atoms with Gasteiger partial charge in [-0.05, 0) is 31.1 Å². The number of aromatic amines is 1. The molecule has 1 aromatic carbocycles. The lowest BCUT2D eigenvalue weighted by atomic mass is 10.1. The number of fused-ring (bicyclic) bond motifs is 1. The topological polar surface area (TPSA) is 42.1 Å². The number of aromatic nitrogens is 1. The van der Waals surface area contributed by atoms with Crippen LogP contribution in [-0.2, 0) is 9.53 Å². The van der Waals surface area contributed by atoms with Crippen LogP contribution in [0.4, 0.5) is 0 Å². The summed E-state index contributed by atoms with van der Waals surface area (Å²) in [5, 5.41) is 1.17. The minimum atomic E-state index is -0.302. The van der Waals surface area contributed by atoms with Crippen molar-refractivity contribution in [3.05, 3.63) is 53.8 Å². The maximum atomic E-state index is 11.3. The summed E-state index contributed by atoms with van der Waals surface area (Å²) in [6.07, 6.45) is 7.35. The summed E-state index contributed by atoms with van der Waals surface area (Å²) in [5.41, 5.74) is 3.07. The number of nitrogens with one attached hydrogen (secondary N) is 1. The van der Waals surface area contributed by atoms with Crippen LogP contribution in [0.5, 0.6) is 0 Å². The Bertz CT molecular complexity index is 635. The van der Waals surface area contributed by atoms with E-state index in [1.54, 1.807) is 6.92 Å². The Morgan fingerprint density at radius 2 is 2.16 bits per heavy atom. The average Bonchev–Trinajstić information content (AvgIpc) is 2.80. The molecule has 0 aliphatic carbocycles. The fourth-order valence-electron chi connectivity index (χ4n) is 1.87. The monoisotopic (exact) mass is 255 g/mol. The molecule has 98 valence electrons. The van der Waals surface area contributed by atoms with Crippen molar-refractivity contribution in [3.63, 3.8) is 0 Å². The third-order valence-electron chi connectivity index (χ3n) is 2.78. The molecule has 0 bridgehead atoms. The van der Waals surface area contributed by atoms with Crippen molar-refractivity contribution >= 4 is 22.9 Å². The Hall–Kier alpha value is -2.29. The molecule has 3 nitrogen and oxygen atoms in total. The van der Waals surface area contributed by atoms with Crippen LogP contribution in [0.25, 0.3) is 17.0 Å². The lowest BCUT2D eigenvalue weighted by Crippen LogP contribution is -1.99. The van der Waals surface area contributed by atoms with Crippen molar-refractivity contribution in [2.24, 2.45) is 0 Å². The predicted molar refractivity (Wildman–Crippen MR) is 77.7 cm³/mol. The first-order valence-corrected chi connectivity index (χ1v) is 6.30. The summed E-state index contributed by atoms with van der Waals surface area (Å²) in [6, 6.07) is 8.11. The summed E-state index contributed by atoms with van der Waals surface area (Å²) in [7, 11) is 0. The number of esters is 1. The van der Waals surface area contributed by atoms with E-state index in [4.69, 9.17) is 4.74 Å². The number of H-pyrrole nitrogens is 1. The molecule has 0 fully saturated rings. The van der Waals surface area contributed by atoms with Gasteiger partial charge in [0.1, 0.15) is 0 Å². The van der Waals surface area contributed by atoms with E-state index < -0.39 is 0 Å². The van der Waals surface area contributed by atoms with E-state index in [2.05, 4.69) is 11.1 Å². The SMILES string of the molecule is CCOC(=O)C=C(C)C=Cc1c[nH]c2ccccc12. The number of hydrogen-bond acceptors (Lipinski definition) is 2. The Morgan fingerprint density at radius 1 is 1.37 bits per heavy atom. The van der Waals surface area contributed by atoms with Crippen LogP contribution in [0.1, 0.15) is 19.4 Å². The second kappa shape index (κ2) is 6.05. The molecule has 0 aliphatic rings. The van der Waals surface area contributed by atoms with E-state index in [9.17, 15) is 4.79 Å². The predicted octanol–water partition coefficient (Wildman–Crippen LogP) is 3.69. The number of carbonyl (C=O) groups is 1. The summed E-state index contributed by atoms with van der Waals surface area (Å²) >= 11 is 0. The largest absolute Gasteiger partial charge is 0.463 e. The van der Waals surface area contributed by atoms with Gasteiger partial charge < -0.3 is 9.72 Å². The fraction of sp³-hybridized carbons (Fsp3) is 0.188. The summed E-state index contributed by atoms with van der Waals surface area (Å²) in [4.78, 5) is 14.5. The Balaban J connectivity index is 2.16. The fourth-order valence-corrected chi connectivity index (χ4v) is 1.87. The van der Waals surface area contributed by atoms with Gasteiger partial charge in [0.15, 0.2) is 0 Å². The number of carbonyl (C=O) groups excluding carboxylic acids is 1. The molecule has 1 heterocycles. The van der Waals surface area contributed by atoms with Gasteiger partial charge in [0, 0.05) is 23.2 Å². The Labute approximate surface area is 112 Å². The van der Waals surface area contributed by atoms with Gasteiger partial charge in [-0.25, -0.2) is 4.79 Å². The molecule has 0 radical (unpaired) electrons. The minimum absolute atomic E-state index is 0.302. The molecule has 1 aromatic heterocycles. The van der Waals surface area contributed by atoms with Crippen molar-refractivity contribution in [1.29, 1.82) is 0 Å². The number of para-hydroxylation sites is 1. The quantitative estimate of drug-likeness (QED) is 0.514. The van der Waals surface area contributed by atoms with Gasteiger partial charge in [0.25, 0.3) is 0 Å². The summed E-state index contributed by atoms with van der Waals surface area (Å²) in [6.45, 7) is 4.07. The molecular formula is C16H17NO2. The third-order valence-corrected chi connectivity index (χ3v) is 2.78. The molecule has 0 atom stereocenters. The zero-order chi connectivity index (χ0) is 13.7. The molecule has 0 spiro atoms. The van der Waals surface area contributed by atoms with E-state index in [0.29, 0.717) is 6.61 Å². The van der Waals surface area contributed by atoms with Crippen molar-refractivity contribution in [3.8, 4) is 0 Å². The minimum Gasteiger partial charge on any atom is -0.463 e. The smallest absolute Gasteiger partial charge is 0.330 e. The zero-order valence-corrected chi connectivity index (χ0v) is 11.1. The van der Waals surface area contributed by atoms with E-state index in [1.165, 1.54) is 11.5 Å². The van der Waals surface area contributed by atoms with Crippen LogP contribution in [-0.4, -0.2) is 17.6 Å². The van der Waals surface area contributed by atoms with Crippen molar-refractivity contribution in [2.45, 2.75) is 13.8 Å². The van der Waals surface area contributed by atoms with Crippen LogP contribution in [0.3, 0.4) is 0 Å². The molecule has 0 saturated heterocycles. The molecule has 2 rings (SSSR count). The van der Waals surface area contributed by atoms with Gasteiger partial charge in [-0.1, -0.05) is 30.4 Å².